The minimum absolute atomic E-state index is 0.576. The van der Waals surface area contributed by atoms with E-state index in [0.717, 1.165) is 18.8 Å². The van der Waals surface area contributed by atoms with Crippen LogP contribution in [-0.2, 0) is 0 Å². The minimum atomic E-state index is -0.649. The van der Waals surface area contributed by atoms with Crippen LogP contribution in [0, 0.1) is 0 Å². The number of hydrogen-bond acceptors (Lipinski definition) is 3. The van der Waals surface area contributed by atoms with Gasteiger partial charge in [-0.3, -0.25) is 5.32 Å². The Kier molecular flexibility index (Phi) is 2.83. The van der Waals surface area contributed by atoms with Gasteiger partial charge < -0.3 is 10.0 Å². The van der Waals surface area contributed by atoms with Gasteiger partial charge in [0, 0.05) is 28.8 Å². The topological polar surface area (TPSA) is 35.5 Å². The van der Waals surface area contributed by atoms with Crippen LogP contribution < -0.4 is 10.2 Å². The molecule has 0 radical (unpaired) electrons. The summed E-state index contributed by atoms with van der Waals surface area (Å²) in [6.07, 6.45) is -0.649. The van der Waals surface area contributed by atoms with Crippen LogP contribution in [0.3, 0.4) is 0 Å². The lowest BCUT2D eigenvalue weighted by molar-refractivity contribution is 0.163. The van der Waals surface area contributed by atoms with Crippen LogP contribution in [-0.4, -0.2) is 24.5 Å². The molecule has 1 saturated heterocycles. The van der Waals surface area contributed by atoms with Crippen LogP contribution in [0.4, 0.5) is 5.69 Å². The van der Waals surface area contributed by atoms with E-state index in [9.17, 15) is 5.11 Å². The van der Waals surface area contributed by atoms with E-state index in [1.165, 1.54) is 0 Å². The molecule has 3 nitrogen and oxygen atoms in total. The fourth-order valence-corrected chi connectivity index (χ4v) is 2.04. The van der Waals surface area contributed by atoms with Crippen molar-refractivity contribution in [2.45, 2.75) is 6.35 Å². The lowest BCUT2D eigenvalue weighted by Gasteiger charge is -2.21. The van der Waals surface area contributed by atoms with Gasteiger partial charge in [0.1, 0.15) is 0 Å². The van der Waals surface area contributed by atoms with Gasteiger partial charge in [-0.25, -0.2) is 0 Å². The number of nitrogens with one attached hydrogen (secondary N) is 1. The number of hydrogen-bond donors (Lipinski definition) is 2. The Morgan fingerprint density at radius 3 is 2.43 bits per heavy atom. The van der Waals surface area contributed by atoms with Crippen molar-refractivity contribution in [3.05, 3.63) is 28.2 Å². The van der Waals surface area contributed by atoms with Crippen LogP contribution in [0.2, 0.25) is 10.0 Å². The average molecular weight is 233 g/mol. The van der Waals surface area contributed by atoms with Gasteiger partial charge in [-0.1, -0.05) is 23.2 Å². The van der Waals surface area contributed by atoms with Crippen molar-refractivity contribution in [3.8, 4) is 0 Å². The predicted octanol–water partition coefficient (Wildman–Crippen LogP) is 1.68. The normalized spacial score (nSPS) is 21.6. The molecule has 2 rings (SSSR count). The lowest BCUT2D eigenvalue weighted by atomic mass is 10.3. The predicted molar refractivity (Wildman–Crippen MR) is 57.8 cm³/mol. The fourth-order valence-electron chi connectivity index (χ4n) is 1.52. The van der Waals surface area contributed by atoms with Gasteiger partial charge in [0.25, 0.3) is 0 Å². The first-order chi connectivity index (χ1) is 6.66. The maximum absolute atomic E-state index is 9.55. The van der Waals surface area contributed by atoms with Gasteiger partial charge in [0.2, 0.25) is 0 Å². The van der Waals surface area contributed by atoms with Crippen LogP contribution in [0.15, 0.2) is 18.2 Å². The van der Waals surface area contributed by atoms with Gasteiger partial charge in [-0.05, 0) is 18.2 Å². The van der Waals surface area contributed by atoms with Crippen molar-refractivity contribution in [2.24, 2.45) is 0 Å². The van der Waals surface area contributed by atoms with Crippen molar-refractivity contribution in [2.75, 3.05) is 18.0 Å². The second-order valence-corrected chi connectivity index (χ2v) is 4.02. The summed E-state index contributed by atoms with van der Waals surface area (Å²) in [5, 5.41) is 13.6. The van der Waals surface area contributed by atoms with Gasteiger partial charge >= 0.3 is 0 Å². The third-order valence-corrected chi connectivity index (χ3v) is 2.59. The second kappa shape index (κ2) is 3.95. The molecule has 76 valence electrons. The number of halogens is 2. The largest absolute Gasteiger partial charge is 0.361 e. The van der Waals surface area contributed by atoms with Crippen molar-refractivity contribution < 1.29 is 5.11 Å². The summed E-state index contributed by atoms with van der Waals surface area (Å²) >= 11 is 11.7. The summed E-state index contributed by atoms with van der Waals surface area (Å²) in [5.74, 6) is 0. The number of aliphatic hydroxyl groups excluding tert-OH is 1. The molecular formula is C9H10Cl2N2O. The maximum atomic E-state index is 9.55. The molecule has 1 atom stereocenters. The number of anilines is 1. The van der Waals surface area contributed by atoms with Gasteiger partial charge in [-0.15, -0.1) is 0 Å². The quantitative estimate of drug-likeness (QED) is 0.774. The Labute approximate surface area is 92.2 Å². The van der Waals surface area contributed by atoms with Crippen molar-refractivity contribution in [1.82, 2.24) is 5.32 Å². The molecule has 2 N–H and O–H groups in total. The van der Waals surface area contributed by atoms with Crippen LogP contribution in [0.1, 0.15) is 0 Å². The summed E-state index contributed by atoms with van der Waals surface area (Å²) in [6.45, 7) is 1.50. The van der Waals surface area contributed by atoms with Crippen molar-refractivity contribution in [3.63, 3.8) is 0 Å². The SMILES string of the molecule is OC1NCCN1c1cc(Cl)cc(Cl)c1. The van der Waals surface area contributed by atoms with Crippen LogP contribution in [0.5, 0.6) is 0 Å². The molecular weight excluding hydrogens is 223 g/mol. The second-order valence-electron chi connectivity index (χ2n) is 3.15. The van der Waals surface area contributed by atoms with E-state index in [-0.39, 0.29) is 0 Å². The highest BCUT2D eigenvalue weighted by molar-refractivity contribution is 6.35. The minimum Gasteiger partial charge on any atom is -0.361 e. The first-order valence-corrected chi connectivity index (χ1v) is 5.06. The smallest absolute Gasteiger partial charge is 0.184 e. The number of rotatable bonds is 1. The van der Waals surface area contributed by atoms with Crippen molar-refractivity contribution in [1.29, 1.82) is 0 Å². The third kappa shape index (κ3) is 1.96. The van der Waals surface area contributed by atoms with E-state index in [2.05, 4.69) is 5.32 Å². The molecule has 0 aliphatic carbocycles. The Hall–Kier alpha value is -0.480. The Morgan fingerprint density at radius 2 is 1.93 bits per heavy atom. The monoisotopic (exact) mass is 232 g/mol. The van der Waals surface area contributed by atoms with E-state index in [1.54, 1.807) is 23.1 Å². The molecule has 1 aromatic carbocycles. The number of nitrogens with zero attached hydrogens (tertiary/aromatic N) is 1. The molecule has 1 heterocycles. The van der Waals surface area contributed by atoms with E-state index in [1.807, 2.05) is 0 Å². The zero-order valence-electron chi connectivity index (χ0n) is 7.37. The van der Waals surface area contributed by atoms with Crippen LogP contribution in [0.25, 0.3) is 0 Å². The summed E-state index contributed by atoms with van der Waals surface area (Å²) in [5.41, 5.74) is 0.833. The molecule has 5 heteroatoms. The highest BCUT2D eigenvalue weighted by Crippen LogP contribution is 2.26. The van der Waals surface area contributed by atoms with E-state index >= 15 is 0 Å². The average Bonchev–Trinajstić information content (AvgIpc) is 2.49. The molecule has 1 aliphatic rings. The Bertz CT molecular complexity index is 325. The lowest BCUT2D eigenvalue weighted by Crippen LogP contribution is -2.35. The molecule has 0 spiro atoms. The van der Waals surface area contributed by atoms with Gasteiger partial charge in [-0.2, -0.15) is 0 Å². The van der Waals surface area contributed by atoms with Crippen molar-refractivity contribution >= 4 is 28.9 Å². The highest BCUT2D eigenvalue weighted by atomic mass is 35.5. The summed E-state index contributed by atoms with van der Waals surface area (Å²) in [7, 11) is 0. The van der Waals surface area contributed by atoms with Crippen LogP contribution >= 0.6 is 23.2 Å². The first-order valence-electron chi connectivity index (χ1n) is 4.31. The van der Waals surface area contributed by atoms with Gasteiger partial charge in [0.05, 0.1) is 0 Å². The highest BCUT2D eigenvalue weighted by Gasteiger charge is 2.21. The molecule has 0 bridgehead atoms. The molecule has 1 unspecified atom stereocenters. The Balaban J connectivity index is 2.31. The standard InChI is InChI=1S/C9H10Cl2N2O/c10-6-3-7(11)5-8(4-6)13-2-1-12-9(13)14/h3-5,9,12,14H,1-2H2. The molecule has 14 heavy (non-hydrogen) atoms. The molecule has 0 amide bonds. The molecule has 1 aliphatic heterocycles. The maximum Gasteiger partial charge on any atom is 0.184 e. The number of aliphatic hydroxyl groups is 1. The number of benzene rings is 1. The molecule has 1 aromatic rings. The molecule has 0 saturated carbocycles. The third-order valence-electron chi connectivity index (χ3n) is 2.15. The zero-order valence-corrected chi connectivity index (χ0v) is 8.89. The molecule has 0 aromatic heterocycles. The fraction of sp³-hybridized carbons (Fsp3) is 0.333. The summed E-state index contributed by atoms with van der Waals surface area (Å²) in [4.78, 5) is 1.80. The van der Waals surface area contributed by atoms with E-state index < -0.39 is 6.35 Å². The summed E-state index contributed by atoms with van der Waals surface area (Å²) in [6, 6.07) is 5.23. The van der Waals surface area contributed by atoms with E-state index in [4.69, 9.17) is 23.2 Å². The van der Waals surface area contributed by atoms with Gasteiger partial charge in [0.15, 0.2) is 6.35 Å². The molecule has 1 fully saturated rings. The van der Waals surface area contributed by atoms with E-state index in [0.29, 0.717) is 10.0 Å². The summed E-state index contributed by atoms with van der Waals surface area (Å²) < 4.78 is 0. The zero-order chi connectivity index (χ0) is 10.1. The first kappa shape index (κ1) is 10.1. The Morgan fingerprint density at radius 1 is 1.29 bits per heavy atom.